The fraction of sp³-hybridized carbons (Fsp3) is 0.350. The average Bonchev–Trinajstić information content (AvgIpc) is 2.54. The molecule has 0 bridgehead atoms. The monoisotopic (exact) mass is 310 g/mol. The molecule has 2 aromatic rings. The molecule has 122 valence electrons. The van der Waals surface area contributed by atoms with Crippen molar-refractivity contribution >= 4 is 11.6 Å². The second kappa shape index (κ2) is 7.42. The summed E-state index contributed by atoms with van der Waals surface area (Å²) < 4.78 is 0. The molecule has 0 spiro atoms. The van der Waals surface area contributed by atoms with E-state index >= 15 is 0 Å². The zero-order valence-corrected chi connectivity index (χ0v) is 14.4. The molecule has 0 aliphatic rings. The normalized spacial score (nSPS) is 11.1. The van der Waals surface area contributed by atoms with Crippen LogP contribution in [0, 0.1) is 0 Å². The first-order valence-electron chi connectivity index (χ1n) is 8.17. The molecule has 0 saturated carbocycles. The van der Waals surface area contributed by atoms with Crippen LogP contribution in [0.5, 0.6) is 0 Å². The molecule has 0 aromatic heterocycles. The molecule has 2 rings (SSSR count). The number of para-hydroxylation sites is 1. The molecule has 0 heterocycles. The zero-order chi connectivity index (χ0) is 17.0. The van der Waals surface area contributed by atoms with E-state index in [1.807, 2.05) is 24.3 Å². The molecule has 0 saturated heterocycles. The number of nitrogens with two attached hydrogens (primary N) is 1. The van der Waals surface area contributed by atoms with Crippen LogP contribution in [-0.4, -0.2) is 5.91 Å². The Morgan fingerprint density at radius 2 is 1.48 bits per heavy atom. The standard InChI is InChI=1S/C20H26N2O/c1-13(2)17-6-5-7-18(14(3)4)19(17)22-20(23)16-10-8-15(12-21)9-11-16/h5-11,13-14H,12,21H2,1-4H3,(H,22,23). The van der Waals surface area contributed by atoms with Gasteiger partial charge >= 0.3 is 0 Å². The molecule has 0 radical (unpaired) electrons. The summed E-state index contributed by atoms with van der Waals surface area (Å²) in [5.41, 5.74) is 10.6. The zero-order valence-electron chi connectivity index (χ0n) is 14.4. The van der Waals surface area contributed by atoms with Crippen LogP contribution in [0.1, 0.15) is 66.6 Å². The van der Waals surface area contributed by atoms with Crippen LogP contribution < -0.4 is 11.1 Å². The van der Waals surface area contributed by atoms with Gasteiger partial charge in [0, 0.05) is 17.8 Å². The Morgan fingerprint density at radius 1 is 0.957 bits per heavy atom. The molecule has 3 nitrogen and oxygen atoms in total. The summed E-state index contributed by atoms with van der Waals surface area (Å²) in [6, 6.07) is 13.7. The molecule has 23 heavy (non-hydrogen) atoms. The minimum absolute atomic E-state index is 0.0800. The van der Waals surface area contributed by atoms with Crippen molar-refractivity contribution in [1.29, 1.82) is 0 Å². The van der Waals surface area contributed by atoms with Gasteiger partial charge in [-0.15, -0.1) is 0 Å². The lowest BCUT2D eigenvalue weighted by Crippen LogP contribution is -2.16. The van der Waals surface area contributed by atoms with Crippen molar-refractivity contribution in [2.45, 2.75) is 46.1 Å². The van der Waals surface area contributed by atoms with E-state index in [9.17, 15) is 4.79 Å². The van der Waals surface area contributed by atoms with Gasteiger partial charge in [0.25, 0.3) is 5.91 Å². The van der Waals surface area contributed by atoms with Gasteiger partial charge in [-0.3, -0.25) is 4.79 Å². The third-order valence-electron chi connectivity index (χ3n) is 4.06. The Bertz CT molecular complexity index is 646. The van der Waals surface area contributed by atoms with E-state index < -0.39 is 0 Å². The van der Waals surface area contributed by atoms with E-state index in [0.717, 1.165) is 11.3 Å². The van der Waals surface area contributed by atoms with Crippen molar-refractivity contribution in [3.8, 4) is 0 Å². The van der Waals surface area contributed by atoms with E-state index in [-0.39, 0.29) is 5.91 Å². The van der Waals surface area contributed by atoms with Crippen molar-refractivity contribution in [2.75, 3.05) is 5.32 Å². The third-order valence-corrected chi connectivity index (χ3v) is 4.06. The van der Waals surface area contributed by atoms with Gasteiger partial charge < -0.3 is 11.1 Å². The molecular weight excluding hydrogens is 284 g/mol. The molecule has 0 aliphatic carbocycles. The smallest absolute Gasteiger partial charge is 0.255 e. The van der Waals surface area contributed by atoms with Gasteiger partial charge in [0.1, 0.15) is 0 Å². The number of nitrogens with one attached hydrogen (secondary N) is 1. The Morgan fingerprint density at radius 3 is 1.91 bits per heavy atom. The van der Waals surface area contributed by atoms with Crippen molar-refractivity contribution in [1.82, 2.24) is 0 Å². The summed E-state index contributed by atoms with van der Waals surface area (Å²) in [5, 5.41) is 3.13. The van der Waals surface area contributed by atoms with E-state index in [1.54, 1.807) is 0 Å². The summed E-state index contributed by atoms with van der Waals surface area (Å²) in [4.78, 5) is 12.6. The predicted molar refractivity (Wildman–Crippen MR) is 96.9 cm³/mol. The lowest BCUT2D eigenvalue weighted by molar-refractivity contribution is 0.102. The highest BCUT2D eigenvalue weighted by Gasteiger charge is 2.16. The van der Waals surface area contributed by atoms with Gasteiger partial charge in [0.15, 0.2) is 0 Å². The quantitative estimate of drug-likeness (QED) is 0.845. The second-order valence-corrected chi connectivity index (χ2v) is 6.48. The van der Waals surface area contributed by atoms with Crippen LogP contribution in [0.2, 0.25) is 0 Å². The summed E-state index contributed by atoms with van der Waals surface area (Å²) in [5.74, 6) is 0.621. The molecule has 3 N–H and O–H groups in total. The highest BCUT2D eigenvalue weighted by atomic mass is 16.1. The number of rotatable bonds is 5. The lowest BCUT2D eigenvalue weighted by Gasteiger charge is -2.20. The molecule has 0 atom stereocenters. The predicted octanol–water partition coefficient (Wildman–Crippen LogP) is 4.64. The van der Waals surface area contributed by atoms with Crippen LogP contribution in [0.25, 0.3) is 0 Å². The number of anilines is 1. The highest BCUT2D eigenvalue weighted by Crippen LogP contribution is 2.32. The lowest BCUT2D eigenvalue weighted by atomic mass is 9.92. The number of benzene rings is 2. The molecule has 1 amide bonds. The first-order chi connectivity index (χ1) is 10.9. The molecule has 3 heteroatoms. The van der Waals surface area contributed by atoms with Crippen LogP contribution in [0.15, 0.2) is 42.5 Å². The van der Waals surface area contributed by atoms with Crippen LogP contribution in [0.4, 0.5) is 5.69 Å². The molecular formula is C20H26N2O. The molecule has 0 aliphatic heterocycles. The Balaban J connectivity index is 2.35. The van der Waals surface area contributed by atoms with Gasteiger partial charge in [-0.05, 0) is 40.7 Å². The van der Waals surface area contributed by atoms with Gasteiger partial charge in [-0.1, -0.05) is 58.0 Å². The Hall–Kier alpha value is -2.13. The van der Waals surface area contributed by atoms with Crippen molar-refractivity contribution in [3.05, 3.63) is 64.7 Å². The average molecular weight is 310 g/mol. The van der Waals surface area contributed by atoms with Crippen molar-refractivity contribution in [3.63, 3.8) is 0 Å². The summed E-state index contributed by atoms with van der Waals surface area (Å²) in [6.45, 7) is 9.06. The number of hydrogen-bond acceptors (Lipinski definition) is 2. The number of hydrogen-bond donors (Lipinski definition) is 2. The van der Waals surface area contributed by atoms with Gasteiger partial charge in [0.05, 0.1) is 0 Å². The largest absolute Gasteiger partial charge is 0.326 e. The van der Waals surface area contributed by atoms with Gasteiger partial charge in [0.2, 0.25) is 0 Å². The number of carbonyl (C=O) groups is 1. The summed E-state index contributed by atoms with van der Waals surface area (Å²) >= 11 is 0. The topological polar surface area (TPSA) is 55.1 Å². The van der Waals surface area contributed by atoms with E-state index in [0.29, 0.717) is 23.9 Å². The van der Waals surface area contributed by atoms with Gasteiger partial charge in [-0.2, -0.15) is 0 Å². The maximum Gasteiger partial charge on any atom is 0.255 e. The fourth-order valence-electron chi connectivity index (χ4n) is 2.67. The first kappa shape index (κ1) is 17.2. The van der Waals surface area contributed by atoms with E-state index in [2.05, 4.69) is 51.2 Å². The first-order valence-corrected chi connectivity index (χ1v) is 8.17. The van der Waals surface area contributed by atoms with Gasteiger partial charge in [-0.25, -0.2) is 0 Å². The summed E-state index contributed by atoms with van der Waals surface area (Å²) in [7, 11) is 0. The number of amides is 1. The third kappa shape index (κ3) is 3.99. The SMILES string of the molecule is CC(C)c1cccc(C(C)C)c1NC(=O)c1ccc(CN)cc1. The van der Waals surface area contributed by atoms with Crippen LogP contribution >= 0.6 is 0 Å². The minimum Gasteiger partial charge on any atom is -0.326 e. The van der Waals surface area contributed by atoms with E-state index in [4.69, 9.17) is 5.73 Å². The maximum absolute atomic E-state index is 12.6. The maximum atomic E-state index is 12.6. The van der Waals surface area contributed by atoms with Crippen LogP contribution in [0.3, 0.4) is 0 Å². The Labute approximate surface area is 138 Å². The van der Waals surface area contributed by atoms with Crippen molar-refractivity contribution in [2.24, 2.45) is 5.73 Å². The van der Waals surface area contributed by atoms with Crippen molar-refractivity contribution < 1.29 is 4.79 Å². The highest BCUT2D eigenvalue weighted by molar-refractivity contribution is 6.05. The molecule has 0 unspecified atom stereocenters. The summed E-state index contributed by atoms with van der Waals surface area (Å²) in [6.07, 6.45) is 0. The fourth-order valence-corrected chi connectivity index (χ4v) is 2.67. The minimum atomic E-state index is -0.0800. The number of carbonyl (C=O) groups excluding carboxylic acids is 1. The Kier molecular flexibility index (Phi) is 5.56. The van der Waals surface area contributed by atoms with E-state index in [1.165, 1.54) is 11.1 Å². The second-order valence-electron chi connectivity index (χ2n) is 6.48. The van der Waals surface area contributed by atoms with Crippen LogP contribution in [-0.2, 0) is 6.54 Å². The molecule has 2 aromatic carbocycles. The molecule has 0 fully saturated rings.